The summed E-state index contributed by atoms with van der Waals surface area (Å²) in [4.78, 5) is 0. The van der Waals surface area contributed by atoms with Gasteiger partial charge in [0.05, 0.1) is 5.75 Å². The van der Waals surface area contributed by atoms with Crippen molar-refractivity contribution in [2.75, 3.05) is 12.3 Å². The second-order valence-electron chi connectivity index (χ2n) is 5.06. The van der Waals surface area contributed by atoms with Crippen LogP contribution in [-0.4, -0.2) is 25.0 Å². The molecule has 3 rings (SSSR count). The fraction of sp³-hybridized carbons (Fsp3) is 0.538. The van der Waals surface area contributed by atoms with Crippen molar-refractivity contribution in [1.82, 2.24) is 9.62 Å². The van der Waals surface area contributed by atoms with Gasteiger partial charge in [0.25, 0.3) is 0 Å². The molecule has 2 aliphatic rings. The standard InChI is InChI=1S/C13H18N2O2S/c16-18(17)6-2-1-5-15(18)10-11-3-4-12-8-14-9-13(12)7-11/h3-4,7,14H,1-2,5-6,8-10H2. The van der Waals surface area contributed by atoms with Crippen LogP contribution in [-0.2, 0) is 29.7 Å². The zero-order valence-corrected chi connectivity index (χ0v) is 11.2. The Balaban J connectivity index is 1.80. The van der Waals surface area contributed by atoms with Crippen LogP contribution in [0, 0.1) is 0 Å². The summed E-state index contributed by atoms with van der Waals surface area (Å²) in [5, 5.41) is 3.30. The van der Waals surface area contributed by atoms with Crippen LogP contribution in [0.25, 0.3) is 0 Å². The van der Waals surface area contributed by atoms with Crippen LogP contribution in [0.3, 0.4) is 0 Å². The molecule has 0 unspecified atom stereocenters. The monoisotopic (exact) mass is 266 g/mol. The minimum Gasteiger partial charge on any atom is -0.309 e. The molecule has 98 valence electrons. The Hall–Kier alpha value is -0.910. The highest BCUT2D eigenvalue weighted by atomic mass is 32.2. The van der Waals surface area contributed by atoms with Gasteiger partial charge in [-0.1, -0.05) is 18.2 Å². The number of benzene rings is 1. The zero-order chi connectivity index (χ0) is 12.6. The number of sulfonamides is 1. The van der Waals surface area contributed by atoms with E-state index < -0.39 is 10.0 Å². The number of rotatable bonds is 2. The molecular formula is C13H18N2O2S. The maximum atomic E-state index is 11.9. The predicted octanol–water partition coefficient (Wildman–Crippen LogP) is 1.22. The highest BCUT2D eigenvalue weighted by molar-refractivity contribution is 7.89. The van der Waals surface area contributed by atoms with Gasteiger partial charge < -0.3 is 5.32 Å². The molecule has 2 heterocycles. The lowest BCUT2D eigenvalue weighted by Crippen LogP contribution is -2.37. The summed E-state index contributed by atoms with van der Waals surface area (Å²) in [5.74, 6) is 0.305. The maximum absolute atomic E-state index is 11.9. The molecule has 5 heteroatoms. The number of nitrogens with one attached hydrogen (secondary N) is 1. The van der Waals surface area contributed by atoms with E-state index in [-0.39, 0.29) is 0 Å². The summed E-state index contributed by atoms with van der Waals surface area (Å²) in [7, 11) is -3.02. The van der Waals surface area contributed by atoms with Gasteiger partial charge >= 0.3 is 0 Å². The van der Waals surface area contributed by atoms with Crippen molar-refractivity contribution in [2.24, 2.45) is 0 Å². The van der Waals surface area contributed by atoms with Gasteiger partial charge in [0.15, 0.2) is 0 Å². The third kappa shape index (κ3) is 2.30. The molecule has 1 fully saturated rings. The molecule has 18 heavy (non-hydrogen) atoms. The lowest BCUT2D eigenvalue weighted by molar-refractivity contribution is 0.378. The lowest BCUT2D eigenvalue weighted by Gasteiger charge is -2.26. The molecule has 4 nitrogen and oxygen atoms in total. The Labute approximate surface area is 108 Å². The Morgan fingerprint density at radius 1 is 1.17 bits per heavy atom. The molecule has 0 aromatic heterocycles. The number of hydrogen-bond acceptors (Lipinski definition) is 3. The van der Waals surface area contributed by atoms with Crippen LogP contribution in [0.2, 0.25) is 0 Å². The molecule has 1 N–H and O–H groups in total. The zero-order valence-electron chi connectivity index (χ0n) is 10.4. The molecule has 0 aliphatic carbocycles. The van der Waals surface area contributed by atoms with Crippen molar-refractivity contribution in [2.45, 2.75) is 32.5 Å². The topological polar surface area (TPSA) is 49.4 Å². The van der Waals surface area contributed by atoms with Crippen molar-refractivity contribution in [1.29, 1.82) is 0 Å². The summed E-state index contributed by atoms with van der Waals surface area (Å²) in [5.41, 5.74) is 3.74. The van der Waals surface area contributed by atoms with Crippen molar-refractivity contribution >= 4 is 10.0 Å². The molecule has 2 aliphatic heterocycles. The summed E-state index contributed by atoms with van der Waals surface area (Å²) in [6.07, 6.45) is 1.78. The van der Waals surface area contributed by atoms with Crippen LogP contribution in [0.4, 0.5) is 0 Å². The van der Waals surface area contributed by atoms with Gasteiger partial charge in [-0.25, -0.2) is 8.42 Å². The number of nitrogens with zero attached hydrogens (tertiary/aromatic N) is 1. The van der Waals surface area contributed by atoms with E-state index in [1.54, 1.807) is 4.31 Å². The van der Waals surface area contributed by atoms with E-state index in [0.717, 1.165) is 31.5 Å². The SMILES string of the molecule is O=S1(=O)CCCCN1Cc1ccc2c(c1)CNC2. The van der Waals surface area contributed by atoms with E-state index in [0.29, 0.717) is 18.8 Å². The second kappa shape index (κ2) is 4.64. The number of fused-ring (bicyclic) bond motifs is 1. The Kier molecular flexibility index (Phi) is 3.13. The van der Waals surface area contributed by atoms with Crippen LogP contribution in [0.5, 0.6) is 0 Å². The van der Waals surface area contributed by atoms with Gasteiger partial charge in [0.2, 0.25) is 10.0 Å². The summed E-state index contributed by atoms with van der Waals surface area (Å²) < 4.78 is 25.5. The van der Waals surface area contributed by atoms with Gasteiger partial charge in [-0.2, -0.15) is 4.31 Å². The van der Waals surface area contributed by atoms with E-state index in [1.807, 2.05) is 0 Å². The van der Waals surface area contributed by atoms with Gasteiger partial charge in [-0.05, 0) is 29.5 Å². The molecule has 0 amide bonds. The second-order valence-corrected chi connectivity index (χ2v) is 7.15. The number of hydrogen-bond donors (Lipinski definition) is 1. The lowest BCUT2D eigenvalue weighted by atomic mass is 10.1. The molecule has 0 radical (unpaired) electrons. The van der Waals surface area contributed by atoms with Crippen molar-refractivity contribution in [3.63, 3.8) is 0 Å². The molecule has 1 aromatic rings. The average molecular weight is 266 g/mol. The van der Waals surface area contributed by atoms with Gasteiger partial charge in [-0.15, -0.1) is 0 Å². The van der Waals surface area contributed by atoms with Crippen molar-refractivity contribution in [3.8, 4) is 0 Å². The van der Waals surface area contributed by atoms with Crippen molar-refractivity contribution < 1.29 is 8.42 Å². The van der Waals surface area contributed by atoms with E-state index in [4.69, 9.17) is 0 Å². The fourth-order valence-electron chi connectivity index (χ4n) is 2.67. The first-order chi connectivity index (χ1) is 8.65. The Bertz CT molecular complexity index is 554. The Morgan fingerprint density at radius 3 is 2.83 bits per heavy atom. The van der Waals surface area contributed by atoms with Crippen LogP contribution >= 0.6 is 0 Å². The first kappa shape index (κ1) is 12.1. The van der Waals surface area contributed by atoms with Gasteiger partial charge in [0.1, 0.15) is 0 Å². The smallest absolute Gasteiger partial charge is 0.214 e. The first-order valence-corrected chi connectivity index (χ1v) is 8.05. The quantitative estimate of drug-likeness (QED) is 0.875. The minimum atomic E-state index is -3.02. The van der Waals surface area contributed by atoms with E-state index in [9.17, 15) is 8.42 Å². The highest BCUT2D eigenvalue weighted by Gasteiger charge is 2.25. The van der Waals surface area contributed by atoms with E-state index in [2.05, 4.69) is 23.5 Å². The van der Waals surface area contributed by atoms with Crippen LogP contribution in [0.1, 0.15) is 29.5 Å². The summed E-state index contributed by atoms with van der Waals surface area (Å²) >= 11 is 0. The first-order valence-electron chi connectivity index (χ1n) is 6.44. The normalized spacial score (nSPS) is 22.9. The van der Waals surface area contributed by atoms with Gasteiger partial charge in [-0.3, -0.25) is 0 Å². The molecule has 1 aromatic carbocycles. The summed E-state index contributed by atoms with van der Waals surface area (Å²) in [6, 6.07) is 6.30. The van der Waals surface area contributed by atoms with Gasteiger partial charge in [0, 0.05) is 26.2 Å². The van der Waals surface area contributed by atoms with Crippen LogP contribution in [0.15, 0.2) is 18.2 Å². The largest absolute Gasteiger partial charge is 0.309 e. The molecule has 0 spiro atoms. The third-order valence-corrected chi connectivity index (χ3v) is 5.62. The highest BCUT2D eigenvalue weighted by Crippen LogP contribution is 2.21. The van der Waals surface area contributed by atoms with E-state index in [1.165, 1.54) is 11.1 Å². The fourth-order valence-corrected chi connectivity index (χ4v) is 4.25. The molecule has 0 atom stereocenters. The molecule has 0 bridgehead atoms. The summed E-state index contributed by atoms with van der Waals surface area (Å²) in [6.45, 7) is 3.01. The average Bonchev–Trinajstić information content (AvgIpc) is 2.79. The Morgan fingerprint density at radius 2 is 2.00 bits per heavy atom. The molecule has 0 saturated carbocycles. The minimum absolute atomic E-state index is 0.305. The predicted molar refractivity (Wildman–Crippen MR) is 70.4 cm³/mol. The van der Waals surface area contributed by atoms with E-state index >= 15 is 0 Å². The third-order valence-electron chi connectivity index (χ3n) is 3.71. The molecule has 1 saturated heterocycles. The van der Waals surface area contributed by atoms with Crippen molar-refractivity contribution in [3.05, 3.63) is 34.9 Å². The van der Waals surface area contributed by atoms with Crippen LogP contribution < -0.4 is 5.32 Å². The molecular weight excluding hydrogens is 248 g/mol. The maximum Gasteiger partial charge on any atom is 0.214 e.